The molecule has 0 radical (unpaired) electrons. The molecule has 1 aliphatic rings. The van der Waals surface area contributed by atoms with E-state index >= 15 is 0 Å². The van der Waals surface area contributed by atoms with Gasteiger partial charge in [0.1, 0.15) is 17.1 Å². The monoisotopic (exact) mass is 423 g/mol. The molecule has 4 rings (SSSR count). The number of carbonyl (C=O) groups is 1. The lowest BCUT2D eigenvalue weighted by Gasteiger charge is -2.31. The second-order valence-corrected chi connectivity index (χ2v) is 8.30. The number of carboxylic acid groups (broad SMARTS) is 1. The average Bonchev–Trinajstić information content (AvgIpc) is 3.16. The topological polar surface area (TPSA) is 89.0 Å². The lowest BCUT2D eigenvalue weighted by molar-refractivity contribution is 0.0693. The molecule has 7 nitrogen and oxygen atoms in total. The van der Waals surface area contributed by atoms with Gasteiger partial charge >= 0.3 is 5.97 Å². The van der Waals surface area contributed by atoms with E-state index in [9.17, 15) is 15.0 Å². The van der Waals surface area contributed by atoms with E-state index in [0.717, 1.165) is 59.4 Å². The highest BCUT2D eigenvalue weighted by Crippen LogP contribution is 2.36. The molecule has 1 aromatic heterocycles. The van der Waals surface area contributed by atoms with Crippen molar-refractivity contribution >= 4 is 16.9 Å². The molecule has 0 unspecified atom stereocenters. The number of ether oxygens (including phenoxy) is 1. The van der Waals surface area contributed by atoms with Gasteiger partial charge in [-0.15, -0.1) is 0 Å². The van der Waals surface area contributed by atoms with Gasteiger partial charge in [-0.1, -0.05) is 6.07 Å². The first-order valence-corrected chi connectivity index (χ1v) is 10.5. The van der Waals surface area contributed by atoms with Crippen molar-refractivity contribution in [1.82, 2.24) is 14.8 Å². The van der Waals surface area contributed by atoms with Crippen LogP contribution in [0.25, 0.3) is 10.9 Å². The Hall–Kier alpha value is -3.03. The molecular formula is C24H29N3O4. The Labute approximate surface area is 181 Å². The number of nitrogens with one attached hydrogen (secondary N) is 1. The smallest absolute Gasteiger partial charge is 0.339 e. The van der Waals surface area contributed by atoms with Crippen LogP contribution in [0.5, 0.6) is 11.5 Å². The van der Waals surface area contributed by atoms with Gasteiger partial charge in [0.15, 0.2) is 0 Å². The van der Waals surface area contributed by atoms with Gasteiger partial charge < -0.3 is 24.8 Å². The second-order valence-electron chi connectivity index (χ2n) is 8.30. The summed E-state index contributed by atoms with van der Waals surface area (Å²) in [5.74, 6) is -0.450. The quantitative estimate of drug-likeness (QED) is 0.579. The standard InChI is InChI=1S/C24H29N3O4/c1-15-12-22(31-3)19(17-6-8-25-23(15)17)14-27-11-10-26(2)9-7-20(27)16-4-5-18(24(29)30)21(28)13-16/h4-6,8,12-13,20,25,28H,7,9-11,14H2,1-3H3,(H,29,30)/t20-/m0/s1. The maximum Gasteiger partial charge on any atom is 0.339 e. The minimum absolute atomic E-state index is 0.0543. The molecule has 0 saturated carbocycles. The highest BCUT2D eigenvalue weighted by molar-refractivity contribution is 5.91. The largest absolute Gasteiger partial charge is 0.507 e. The highest BCUT2D eigenvalue weighted by Gasteiger charge is 2.27. The van der Waals surface area contributed by atoms with Gasteiger partial charge in [0, 0.05) is 48.3 Å². The van der Waals surface area contributed by atoms with E-state index in [4.69, 9.17) is 4.74 Å². The van der Waals surface area contributed by atoms with E-state index in [0.29, 0.717) is 6.54 Å². The third kappa shape index (κ3) is 4.11. The fourth-order valence-electron chi connectivity index (χ4n) is 4.58. The van der Waals surface area contributed by atoms with E-state index in [-0.39, 0.29) is 17.4 Å². The first kappa shape index (κ1) is 21.2. The Morgan fingerprint density at radius 3 is 2.74 bits per heavy atom. The van der Waals surface area contributed by atoms with Gasteiger partial charge in [0.25, 0.3) is 0 Å². The third-order valence-electron chi connectivity index (χ3n) is 6.32. The number of aromatic nitrogens is 1. The third-order valence-corrected chi connectivity index (χ3v) is 6.32. The Kier molecular flexibility index (Phi) is 5.89. The highest BCUT2D eigenvalue weighted by atomic mass is 16.5. The summed E-state index contributed by atoms with van der Waals surface area (Å²) in [7, 11) is 3.81. The van der Waals surface area contributed by atoms with E-state index in [1.165, 1.54) is 6.07 Å². The number of phenols is 1. The molecule has 2 heterocycles. The number of hydrogen-bond acceptors (Lipinski definition) is 5. The van der Waals surface area contributed by atoms with Gasteiger partial charge in [-0.2, -0.15) is 0 Å². The molecule has 31 heavy (non-hydrogen) atoms. The molecule has 2 aromatic carbocycles. The normalized spacial score (nSPS) is 18.2. The molecule has 1 saturated heterocycles. The first-order valence-electron chi connectivity index (χ1n) is 10.5. The van der Waals surface area contributed by atoms with Crippen molar-refractivity contribution in [3.8, 4) is 11.5 Å². The maximum atomic E-state index is 11.3. The van der Waals surface area contributed by atoms with Crippen LogP contribution in [-0.2, 0) is 6.54 Å². The number of likely N-dealkylation sites (N-methyl/N-ethyl adjacent to an activating group) is 1. The van der Waals surface area contributed by atoms with Gasteiger partial charge in [0.05, 0.1) is 7.11 Å². The number of rotatable bonds is 5. The summed E-state index contributed by atoms with van der Waals surface area (Å²) in [6.07, 6.45) is 2.84. The lowest BCUT2D eigenvalue weighted by Crippen LogP contribution is -2.31. The molecule has 0 spiro atoms. The summed E-state index contributed by atoms with van der Waals surface area (Å²) < 4.78 is 5.74. The van der Waals surface area contributed by atoms with Crippen LogP contribution in [-0.4, -0.2) is 64.8 Å². The molecular weight excluding hydrogens is 394 g/mol. The minimum atomic E-state index is -1.12. The molecule has 3 aromatic rings. The fourth-order valence-corrected chi connectivity index (χ4v) is 4.58. The van der Waals surface area contributed by atoms with Crippen LogP contribution >= 0.6 is 0 Å². The predicted molar refractivity (Wildman–Crippen MR) is 120 cm³/mol. The van der Waals surface area contributed by atoms with Crippen molar-refractivity contribution in [2.75, 3.05) is 33.8 Å². The number of H-pyrrole nitrogens is 1. The first-order chi connectivity index (χ1) is 14.9. The molecule has 164 valence electrons. The van der Waals surface area contributed by atoms with Crippen molar-refractivity contribution in [3.63, 3.8) is 0 Å². The average molecular weight is 424 g/mol. The molecule has 1 fully saturated rings. The lowest BCUT2D eigenvalue weighted by atomic mass is 9.98. The van der Waals surface area contributed by atoms with Crippen molar-refractivity contribution in [3.05, 3.63) is 58.8 Å². The summed E-state index contributed by atoms with van der Waals surface area (Å²) in [5.41, 5.74) is 4.24. The number of aryl methyl sites for hydroxylation is 1. The van der Waals surface area contributed by atoms with Gasteiger partial charge in [-0.05, 0) is 62.3 Å². The summed E-state index contributed by atoms with van der Waals surface area (Å²) >= 11 is 0. The molecule has 0 amide bonds. The van der Waals surface area contributed by atoms with Crippen molar-refractivity contribution < 1.29 is 19.7 Å². The second kappa shape index (κ2) is 8.61. The number of aromatic carboxylic acids is 1. The number of fused-ring (bicyclic) bond motifs is 1. The van der Waals surface area contributed by atoms with Crippen molar-refractivity contribution in [1.29, 1.82) is 0 Å². The number of hydrogen-bond donors (Lipinski definition) is 3. The fraction of sp³-hybridized carbons (Fsp3) is 0.375. The Balaban J connectivity index is 1.74. The zero-order valence-electron chi connectivity index (χ0n) is 18.2. The number of carboxylic acids is 1. The predicted octanol–water partition coefficient (Wildman–Crippen LogP) is 3.77. The Bertz CT molecular complexity index is 1110. The number of aromatic hydroxyl groups is 1. The summed E-state index contributed by atoms with van der Waals surface area (Å²) in [4.78, 5) is 19.4. The van der Waals surface area contributed by atoms with E-state index in [1.54, 1.807) is 13.2 Å². The van der Waals surface area contributed by atoms with Crippen LogP contribution < -0.4 is 4.74 Å². The SMILES string of the molecule is COc1cc(C)c2[nH]ccc2c1CN1CCN(C)CC[C@H]1c1ccc(C(=O)O)c(O)c1. The number of aromatic amines is 1. The van der Waals surface area contributed by atoms with E-state index in [1.807, 2.05) is 12.3 Å². The summed E-state index contributed by atoms with van der Waals surface area (Å²) in [6, 6.07) is 9.14. The van der Waals surface area contributed by atoms with Gasteiger partial charge in [-0.25, -0.2) is 4.79 Å². The van der Waals surface area contributed by atoms with Crippen LogP contribution in [0.4, 0.5) is 0 Å². The molecule has 3 N–H and O–H groups in total. The van der Waals surface area contributed by atoms with Crippen LogP contribution in [0.2, 0.25) is 0 Å². The van der Waals surface area contributed by atoms with Gasteiger partial charge in [0.2, 0.25) is 0 Å². The van der Waals surface area contributed by atoms with Gasteiger partial charge in [-0.3, -0.25) is 4.90 Å². The minimum Gasteiger partial charge on any atom is -0.507 e. The van der Waals surface area contributed by atoms with Crippen molar-refractivity contribution in [2.45, 2.75) is 25.9 Å². The number of benzene rings is 2. The van der Waals surface area contributed by atoms with E-state index < -0.39 is 5.97 Å². The summed E-state index contributed by atoms with van der Waals surface area (Å²) in [6.45, 7) is 5.47. The molecule has 0 aliphatic carbocycles. The zero-order valence-corrected chi connectivity index (χ0v) is 18.2. The molecule has 7 heteroatoms. The zero-order chi connectivity index (χ0) is 22.1. The Morgan fingerprint density at radius 1 is 1.23 bits per heavy atom. The van der Waals surface area contributed by atoms with Crippen LogP contribution in [0.15, 0.2) is 36.5 Å². The molecule has 1 aliphatic heterocycles. The number of methoxy groups -OCH3 is 1. The number of nitrogens with zero attached hydrogens (tertiary/aromatic N) is 2. The molecule has 1 atom stereocenters. The van der Waals surface area contributed by atoms with Crippen LogP contribution in [0.3, 0.4) is 0 Å². The summed E-state index contributed by atoms with van der Waals surface area (Å²) in [5, 5.41) is 20.7. The van der Waals surface area contributed by atoms with Crippen LogP contribution in [0, 0.1) is 6.92 Å². The molecule has 0 bridgehead atoms. The van der Waals surface area contributed by atoms with Crippen LogP contribution in [0.1, 0.15) is 39.5 Å². The van der Waals surface area contributed by atoms with Crippen molar-refractivity contribution in [2.24, 2.45) is 0 Å². The maximum absolute atomic E-state index is 11.3. The van der Waals surface area contributed by atoms with E-state index in [2.05, 4.69) is 40.9 Å². The Morgan fingerprint density at radius 2 is 2.03 bits per heavy atom.